The monoisotopic (exact) mass is 530 g/mol. The van der Waals surface area contributed by atoms with Crippen LogP contribution < -0.4 is 15.0 Å². The molecule has 3 aliphatic rings. The maximum absolute atomic E-state index is 12.7. The van der Waals surface area contributed by atoms with Gasteiger partial charge in [0.2, 0.25) is 5.91 Å². The van der Waals surface area contributed by atoms with Crippen LogP contribution in [0.1, 0.15) is 52.9 Å². The number of piperidine rings is 2. The molecule has 0 saturated carbocycles. The van der Waals surface area contributed by atoms with Gasteiger partial charge in [-0.2, -0.15) is 0 Å². The number of hydrogen-bond acceptors (Lipinski definition) is 7. The lowest BCUT2D eigenvalue weighted by atomic mass is 10.0. The van der Waals surface area contributed by atoms with Crippen LogP contribution in [0, 0.1) is 0 Å². The summed E-state index contributed by atoms with van der Waals surface area (Å²) in [5, 5.41) is 2.30. The normalized spacial score (nSPS) is 19.8. The topological polar surface area (TPSA) is 118 Å². The molecule has 0 bridgehead atoms. The molecule has 3 fully saturated rings. The van der Waals surface area contributed by atoms with Gasteiger partial charge < -0.3 is 24.0 Å². The second-order valence-electron chi connectivity index (χ2n) is 10.9. The molecule has 3 heterocycles. The lowest BCUT2D eigenvalue weighted by molar-refractivity contribution is -0.137. The van der Waals surface area contributed by atoms with E-state index in [9.17, 15) is 19.2 Å². The maximum Gasteiger partial charge on any atom is 0.410 e. The first-order valence-corrected chi connectivity index (χ1v) is 13.3. The number of hydrogen-bond donors (Lipinski definition) is 1. The van der Waals surface area contributed by atoms with Crippen molar-refractivity contribution in [3.8, 4) is 5.75 Å². The van der Waals surface area contributed by atoms with E-state index in [1.165, 1.54) is 4.90 Å². The Hall–Kier alpha value is -3.34. The van der Waals surface area contributed by atoms with Crippen LogP contribution in [0.15, 0.2) is 24.3 Å². The van der Waals surface area contributed by atoms with E-state index in [0.717, 1.165) is 25.7 Å². The number of anilines is 1. The first-order valence-electron chi connectivity index (χ1n) is 13.3. The minimum atomic E-state index is -0.498. The Balaban J connectivity index is 1.14. The molecule has 3 saturated heterocycles. The van der Waals surface area contributed by atoms with Crippen LogP contribution in [-0.4, -0.2) is 90.9 Å². The average Bonchev–Trinajstić information content (AvgIpc) is 2.87. The molecule has 5 amide bonds. The van der Waals surface area contributed by atoms with Gasteiger partial charge in [0.15, 0.2) is 6.61 Å². The van der Waals surface area contributed by atoms with E-state index >= 15 is 0 Å². The van der Waals surface area contributed by atoms with Crippen molar-refractivity contribution in [1.82, 2.24) is 15.1 Å². The first kappa shape index (κ1) is 27.7. The van der Waals surface area contributed by atoms with Gasteiger partial charge in [-0.25, -0.2) is 9.59 Å². The number of urea groups is 1. The summed E-state index contributed by atoms with van der Waals surface area (Å²) < 4.78 is 17.4. The van der Waals surface area contributed by atoms with Gasteiger partial charge in [0.1, 0.15) is 11.4 Å². The van der Waals surface area contributed by atoms with Crippen molar-refractivity contribution in [2.75, 3.05) is 44.2 Å². The molecule has 11 heteroatoms. The fourth-order valence-corrected chi connectivity index (χ4v) is 4.78. The Kier molecular flexibility index (Phi) is 8.76. The van der Waals surface area contributed by atoms with Gasteiger partial charge >= 0.3 is 12.1 Å². The van der Waals surface area contributed by atoms with Crippen LogP contribution in [0.2, 0.25) is 0 Å². The van der Waals surface area contributed by atoms with Crippen LogP contribution in [0.25, 0.3) is 0 Å². The predicted octanol–water partition coefficient (Wildman–Crippen LogP) is 2.92. The Morgan fingerprint density at radius 1 is 0.895 bits per heavy atom. The summed E-state index contributed by atoms with van der Waals surface area (Å²) in [5.74, 6) is 0.180. The summed E-state index contributed by atoms with van der Waals surface area (Å²) >= 11 is 0. The molecule has 1 aromatic carbocycles. The van der Waals surface area contributed by atoms with Crippen molar-refractivity contribution >= 4 is 29.6 Å². The third-order valence-electron chi connectivity index (χ3n) is 6.84. The van der Waals surface area contributed by atoms with E-state index in [0.29, 0.717) is 44.2 Å². The third kappa shape index (κ3) is 7.59. The summed E-state index contributed by atoms with van der Waals surface area (Å²) in [6.07, 6.45) is 3.31. The molecule has 11 nitrogen and oxygen atoms in total. The molecule has 1 aromatic rings. The largest absolute Gasteiger partial charge is 0.484 e. The molecule has 0 spiro atoms. The predicted molar refractivity (Wildman–Crippen MR) is 139 cm³/mol. The molecular formula is C27H38N4O7. The van der Waals surface area contributed by atoms with Crippen molar-refractivity contribution in [2.24, 2.45) is 0 Å². The Labute approximate surface area is 223 Å². The molecular weight excluding hydrogens is 492 g/mol. The second kappa shape index (κ2) is 12.0. The van der Waals surface area contributed by atoms with Crippen LogP contribution >= 0.6 is 0 Å². The van der Waals surface area contributed by atoms with Crippen molar-refractivity contribution in [1.29, 1.82) is 0 Å². The van der Waals surface area contributed by atoms with Crippen LogP contribution in [-0.2, 0) is 19.1 Å². The molecule has 0 aromatic heterocycles. The van der Waals surface area contributed by atoms with E-state index in [1.54, 1.807) is 34.1 Å². The summed E-state index contributed by atoms with van der Waals surface area (Å²) in [6.45, 7) is 8.35. The van der Waals surface area contributed by atoms with Crippen LogP contribution in [0.4, 0.5) is 15.3 Å². The molecule has 0 unspecified atom stereocenters. The fraction of sp³-hybridized carbons (Fsp3) is 0.630. The molecule has 1 N–H and O–H groups in total. The number of amides is 5. The third-order valence-corrected chi connectivity index (χ3v) is 6.84. The summed E-state index contributed by atoms with van der Waals surface area (Å²) in [4.78, 5) is 53.3. The highest BCUT2D eigenvalue weighted by atomic mass is 16.6. The highest BCUT2D eigenvalue weighted by molar-refractivity contribution is 6.05. The standard InChI is InChI=1S/C27H38N4O7/c1-27(2,3)38-26(35)30-15-10-22(11-16-30)37-21-8-13-29(14-9-21)24(33)18-36-20-6-4-19(5-7-20)31-17-12-23(32)28-25(31)34/h4-7,21-22H,8-18H2,1-3H3,(H,28,32,34). The van der Waals surface area contributed by atoms with Gasteiger partial charge in [-0.1, -0.05) is 0 Å². The van der Waals surface area contributed by atoms with Crippen molar-refractivity contribution < 1.29 is 33.4 Å². The Morgan fingerprint density at radius 2 is 1.47 bits per heavy atom. The van der Waals surface area contributed by atoms with Gasteiger partial charge in [0.25, 0.3) is 5.91 Å². The van der Waals surface area contributed by atoms with Gasteiger partial charge in [-0.3, -0.25) is 19.8 Å². The zero-order chi connectivity index (χ0) is 27.3. The van der Waals surface area contributed by atoms with E-state index < -0.39 is 11.6 Å². The molecule has 0 atom stereocenters. The number of carbonyl (C=O) groups is 4. The minimum Gasteiger partial charge on any atom is -0.484 e. The highest BCUT2D eigenvalue weighted by Crippen LogP contribution is 2.24. The number of carbonyl (C=O) groups excluding carboxylic acids is 4. The van der Waals surface area contributed by atoms with E-state index in [-0.39, 0.29) is 43.1 Å². The number of ether oxygens (including phenoxy) is 3. The van der Waals surface area contributed by atoms with E-state index in [4.69, 9.17) is 14.2 Å². The van der Waals surface area contributed by atoms with Crippen LogP contribution in [0.3, 0.4) is 0 Å². The lowest BCUT2D eigenvalue weighted by Gasteiger charge is -2.37. The fourth-order valence-electron chi connectivity index (χ4n) is 4.78. The highest BCUT2D eigenvalue weighted by Gasteiger charge is 2.30. The minimum absolute atomic E-state index is 0.0628. The zero-order valence-corrected chi connectivity index (χ0v) is 22.4. The Morgan fingerprint density at radius 3 is 2.03 bits per heavy atom. The summed E-state index contributed by atoms with van der Waals surface area (Å²) in [6, 6.07) is 6.44. The SMILES string of the molecule is CC(C)(C)OC(=O)N1CCC(OC2CCN(C(=O)COc3ccc(N4CCC(=O)NC4=O)cc3)CC2)CC1. The van der Waals surface area contributed by atoms with E-state index in [1.807, 2.05) is 20.8 Å². The van der Waals surface area contributed by atoms with Crippen molar-refractivity contribution in [2.45, 2.75) is 70.7 Å². The van der Waals surface area contributed by atoms with Gasteiger partial charge in [-0.15, -0.1) is 0 Å². The van der Waals surface area contributed by atoms with Gasteiger partial charge in [-0.05, 0) is 70.7 Å². The van der Waals surface area contributed by atoms with Crippen molar-refractivity contribution in [3.05, 3.63) is 24.3 Å². The smallest absolute Gasteiger partial charge is 0.410 e. The quantitative estimate of drug-likeness (QED) is 0.601. The molecule has 208 valence electrons. The van der Waals surface area contributed by atoms with E-state index in [2.05, 4.69) is 5.32 Å². The number of benzene rings is 1. The second-order valence-corrected chi connectivity index (χ2v) is 10.9. The number of imide groups is 1. The summed E-state index contributed by atoms with van der Waals surface area (Å²) in [7, 11) is 0. The first-order chi connectivity index (χ1) is 18.1. The molecule has 3 aliphatic heterocycles. The van der Waals surface area contributed by atoms with Gasteiger partial charge in [0.05, 0.1) is 12.2 Å². The maximum atomic E-state index is 12.7. The molecule has 38 heavy (non-hydrogen) atoms. The lowest BCUT2D eigenvalue weighted by Crippen LogP contribution is -2.49. The van der Waals surface area contributed by atoms with Crippen molar-refractivity contribution in [3.63, 3.8) is 0 Å². The number of likely N-dealkylation sites (tertiary alicyclic amines) is 2. The summed E-state index contributed by atoms with van der Waals surface area (Å²) in [5.41, 5.74) is 0.160. The number of nitrogens with one attached hydrogen (secondary N) is 1. The Bertz CT molecular complexity index is 1010. The molecule has 0 radical (unpaired) electrons. The molecule has 4 rings (SSSR count). The number of rotatable bonds is 6. The van der Waals surface area contributed by atoms with Crippen LogP contribution in [0.5, 0.6) is 5.75 Å². The molecule has 0 aliphatic carbocycles. The number of nitrogens with zero attached hydrogens (tertiary/aromatic N) is 3. The average molecular weight is 531 g/mol. The van der Waals surface area contributed by atoms with Gasteiger partial charge in [0, 0.05) is 44.8 Å². The zero-order valence-electron chi connectivity index (χ0n) is 22.4.